The normalized spacial score (nSPS) is 10.8. The van der Waals surface area contributed by atoms with Crippen molar-refractivity contribution in [2.45, 2.75) is 20.4 Å². The van der Waals surface area contributed by atoms with Gasteiger partial charge in [-0.2, -0.15) is 0 Å². The molecule has 0 aliphatic carbocycles. The zero-order valence-electron chi connectivity index (χ0n) is 10.3. The third-order valence-electron chi connectivity index (χ3n) is 2.73. The van der Waals surface area contributed by atoms with Crippen molar-refractivity contribution < 1.29 is 0 Å². The van der Waals surface area contributed by atoms with Crippen LogP contribution in [0.15, 0.2) is 22.7 Å². The van der Waals surface area contributed by atoms with Crippen LogP contribution in [0.2, 0.25) is 0 Å². The van der Waals surface area contributed by atoms with Crippen LogP contribution in [0.25, 0.3) is 11.3 Å². The summed E-state index contributed by atoms with van der Waals surface area (Å²) in [5, 5.41) is 3.10. The first-order chi connectivity index (χ1) is 8.11. The van der Waals surface area contributed by atoms with E-state index in [9.17, 15) is 0 Å². The van der Waals surface area contributed by atoms with E-state index in [1.807, 2.05) is 7.05 Å². The standard InChI is InChI=1S/C13H16BrN3/c1-8-4-5-10(14)6-11(8)13-9(2)16-12(17-13)7-15-3/h4-6,15H,7H2,1-3H3,(H,16,17). The number of hydrogen-bond donors (Lipinski definition) is 2. The van der Waals surface area contributed by atoms with Gasteiger partial charge in [0.25, 0.3) is 0 Å². The van der Waals surface area contributed by atoms with E-state index in [1.54, 1.807) is 0 Å². The van der Waals surface area contributed by atoms with E-state index in [4.69, 9.17) is 0 Å². The van der Waals surface area contributed by atoms with Crippen molar-refractivity contribution in [1.29, 1.82) is 0 Å². The number of rotatable bonds is 3. The molecule has 0 saturated carbocycles. The third kappa shape index (κ3) is 2.58. The molecule has 1 heterocycles. The van der Waals surface area contributed by atoms with Crippen LogP contribution in [-0.2, 0) is 6.54 Å². The lowest BCUT2D eigenvalue weighted by atomic mass is 10.1. The van der Waals surface area contributed by atoms with Gasteiger partial charge in [0.1, 0.15) is 5.82 Å². The van der Waals surface area contributed by atoms with E-state index in [2.05, 4.69) is 63.3 Å². The van der Waals surface area contributed by atoms with Crippen molar-refractivity contribution in [2.75, 3.05) is 7.05 Å². The van der Waals surface area contributed by atoms with Gasteiger partial charge in [-0.05, 0) is 38.6 Å². The molecule has 4 heteroatoms. The van der Waals surface area contributed by atoms with E-state index in [-0.39, 0.29) is 0 Å². The Kier molecular flexibility index (Phi) is 3.64. The molecule has 0 aliphatic rings. The van der Waals surface area contributed by atoms with Gasteiger partial charge in [0.05, 0.1) is 12.2 Å². The van der Waals surface area contributed by atoms with Crippen LogP contribution in [0.3, 0.4) is 0 Å². The fraction of sp³-hybridized carbons (Fsp3) is 0.308. The van der Waals surface area contributed by atoms with Crippen molar-refractivity contribution >= 4 is 15.9 Å². The van der Waals surface area contributed by atoms with E-state index >= 15 is 0 Å². The van der Waals surface area contributed by atoms with Gasteiger partial charge in [-0.1, -0.05) is 22.0 Å². The molecule has 17 heavy (non-hydrogen) atoms. The Morgan fingerprint density at radius 3 is 2.82 bits per heavy atom. The number of halogens is 1. The van der Waals surface area contributed by atoms with Crippen LogP contribution in [0.4, 0.5) is 0 Å². The average molecular weight is 294 g/mol. The summed E-state index contributed by atoms with van der Waals surface area (Å²) in [6, 6.07) is 6.27. The predicted molar refractivity (Wildman–Crippen MR) is 74.0 cm³/mol. The molecule has 0 atom stereocenters. The molecule has 90 valence electrons. The summed E-state index contributed by atoms with van der Waals surface area (Å²) in [6.45, 7) is 4.92. The maximum atomic E-state index is 4.63. The molecular weight excluding hydrogens is 278 g/mol. The Labute approximate surface area is 110 Å². The van der Waals surface area contributed by atoms with Crippen molar-refractivity contribution in [3.05, 3.63) is 39.8 Å². The van der Waals surface area contributed by atoms with E-state index in [1.165, 1.54) is 11.1 Å². The number of imidazole rings is 1. The predicted octanol–water partition coefficient (Wildman–Crippen LogP) is 3.18. The highest BCUT2D eigenvalue weighted by Gasteiger charge is 2.11. The smallest absolute Gasteiger partial charge is 0.121 e. The summed E-state index contributed by atoms with van der Waals surface area (Å²) in [7, 11) is 1.92. The zero-order chi connectivity index (χ0) is 12.4. The lowest BCUT2D eigenvalue weighted by Gasteiger charge is -2.04. The number of H-pyrrole nitrogens is 1. The van der Waals surface area contributed by atoms with Gasteiger partial charge in [0.15, 0.2) is 0 Å². The average Bonchev–Trinajstić information content (AvgIpc) is 2.64. The first-order valence-electron chi connectivity index (χ1n) is 5.58. The minimum Gasteiger partial charge on any atom is -0.344 e. The summed E-state index contributed by atoms with van der Waals surface area (Å²) in [5.74, 6) is 0.972. The van der Waals surface area contributed by atoms with Gasteiger partial charge in [-0.3, -0.25) is 0 Å². The molecule has 2 aromatic rings. The largest absolute Gasteiger partial charge is 0.344 e. The van der Waals surface area contributed by atoms with E-state index in [0.29, 0.717) is 0 Å². The van der Waals surface area contributed by atoms with Crippen LogP contribution in [0, 0.1) is 13.8 Å². The summed E-state index contributed by atoms with van der Waals surface area (Å²) in [6.07, 6.45) is 0. The molecular formula is C13H16BrN3. The molecule has 1 aromatic heterocycles. The second-order valence-corrected chi connectivity index (χ2v) is 5.06. The van der Waals surface area contributed by atoms with Crippen LogP contribution >= 0.6 is 15.9 Å². The number of nitrogens with one attached hydrogen (secondary N) is 2. The first-order valence-corrected chi connectivity index (χ1v) is 6.37. The molecule has 2 rings (SSSR count). The Morgan fingerprint density at radius 1 is 1.35 bits per heavy atom. The molecule has 2 N–H and O–H groups in total. The fourth-order valence-electron chi connectivity index (χ4n) is 1.89. The topological polar surface area (TPSA) is 40.7 Å². The Morgan fingerprint density at radius 2 is 2.12 bits per heavy atom. The molecule has 0 unspecified atom stereocenters. The van der Waals surface area contributed by atoms with Gasteiger partial charge in [-0.15, -0.1) is 0 Å². The Balaban J connectivity index is 2.48. The monoisotopic (exact) mass is 293 g/mol. The molecule has 0 spiro atoms. The van der Waals surface area contributed by atoms with E-state index < -0.39 is 0 Å². The van der Waals surface area contributed by atoms with Gasteiger partial charge < -0.3 is 10.3 Å². The lowest BCUT2D eigenvalue weighted by molar-refractivity contribution is 0.770. The highest BCUT2D eigenvalue weighted by atomic mass is 79.9. The van der Waals surface area contributed by atoms with Crippen LogP contribution in [-0.4, -0.2) is 17.0 Å². The molecule has 0 saturated heterocycles. The van der Waals surface area contributed by atoms with Gasteiger partial charge in [0.2, 0.25) is 0 Å². The number of benzene rings is 1. The zero-order valence-corrected chi connectivity index (χ0v) is 11.9. The minimum absolute atomic E-state index is 0.758. The molecule has 0 fully saturated rings. The van der Waals surface area contributed by atoms with Crippen molar-refractivity contribution in [3.63, 3.8) is 0 Å². The number of aryl methyl sites for hydroxylation is 2. The first kappa shape index (κ1) is 12.3. The summed E-state index contributed by atoms with van der Waals surface area (Å²) in [4.78, 5) is 7.93. The third-order valence-corrected chi connectivity index (χ3v) is 3.23. The maximum Gasteiger partial charge on any atom is 0.121 e. The second kappa shape index (κ2) is 5.02. The van der Waals surface area contributed by atoms with Gasteiger partial charge >= 0.3 is 0 Å². The molecule has 3 nitrogen and oxygen atoms in total. The second-order valence-electron chi connectivity index (χ2n) is 4.15. The van der Waals surface area contributed by atoms with Crippen molar-refractivity contribution in [2.24, 2.45) is 0 Å². The molecule has 1 aromatic carbocycles. The number of aromatic nitrogens is 2. The molecule has 0 aliphatic heterocycles. The fourth-order valence-corrected chi connectivity index (χ4v) is 2.25. The highest BCUT2D eigenvalue weighted by molar-refractivity contribution is 9.10. The SMILES string of the molecule is CNCc1nc(-c2cc(Br)ccc2C)c(C)[nH]1. The number of aromatic amines is 1. The molecule has 0 amide bonds. The quantitative estimate of drug-likeness (QED) is 0.913. The van der Waals surface area contributed by atoms with Crippen LogP contribution in [0.5, 0.6) is 0 Å². The van der Waals surface area contributed by atoms with Crippen molar-refractivity contribution in [3.8, 4) is 11.3 Å². The lowest BCUT2D eigenvalue weighted by Crippen LogP contribution is -2.06. The summed E-state index contributed by atoms with van der Waals surface area (Å²) in [5.41, 5.74) is 4.56. The Hall–Kier alpha value is -1.13. The summed E-state index contributed by atoms with van der Waals surface area (Å²) >= 11 is 3.51. The van der Waals surface area contributed by atoms with Gasteiger partial charge in [0, 0.05) is 15.7 Å². The minimum atomic E-state index is 0.758. The Bertz CT molecular complexity index is 531. The maximum absolute atomic E-state index is 4.63. The summed E-state index contributed by atoms with van der Waals surface area (Å²) < 4.78 is 1.08. The van der Waals surface area contributed by atoms with Gasteiger partial charge in [-0.25, -0.2) is 4.98 Å². The number of nitrogens with zero attached hydrogens (tertiary/aromatic N) is 1. The molecule has 0 radical (unpaired) electrons. The highest BCUT2D eigenvalue weighted by Crippen LogP contribution is 2.27. The van der Waals surface area contributed by atoms with Crippen molar-refractivity contribution in [1.82, 2.24) is 15.3 Å². The number of hydrogen-bond acceptors (Lipinski definition) is 2. The van der Waals surface area contributed by atoms with Crippen LogP contribution < -0.4 is 5.32 Å². The molecule has 0 bridgehead atoms. The van der Waals surface area contributed by atoms with E-state index in [0.717, 1.165) is 28.2 Å². The van der Waals surface area contributed by atoms with Crippen LogP contribution in [0.1, 0.15) is 17.1 Å².